The number of fused-ring (bicyclic) bond motifs is 1. The lowest BCUT2D eigenvalue weighted by Gasteiger charge is -1.89. The van der Waals surface area contributed by atoms with Gasteiger partial charge in [-0.3, -0.25) is 9.49 Å². The van der Waals surface area contributed by atoms with E-state index in [9.17, 15) is 4.39 Å². The molecule has 0 fully saturated rings. The Morgan fingerprint density at radius 3 is 2.33 bits per heavy atom. The summed E-state index contributed by atoms with van der Waals surface area (Å²) in [5, 5.41) is 8.04. The van der Waals surface area contributed by atoms with Crippen LogP contribution < -0.4 is 0 Å². The second kappa shape index (κ2) is 6.92. The maximum atomic E-state index is 9.50. The summed E-state index contributed by atoms with van der Waals surface area (Å²) >= 11 is 0. The predicted molar refractivity (Wildman–Crippen MR) is 61.7 cm³/mol. The number of pyridine rings is 1. The Morgan fingerprint density at radius 1 is 1.13 bits per heavy atom. The number of halogens is 1. The van der Waals surface area contributed by atoms with Crippen LogP contribution in [0.2, 0.25) is 0 Å². The van der Waals surface area contributed by atoms with E-state index in [-0.39, 0.29) is 0 Å². The van der Waals surface area contributed by atoms with Crippen molar-refractivity contribution in [3.05, 3.63) is 23.5 Å². The van der Waals surface area contributed by atoms with Gasteiger partial charge < -0.3 is 0 Å². The number of nitrogens with zero attached hydrogens (tertiary/aromatic N) is 2. The molecular formula is C11H18FN3. The smallest absolute Gasteiger partial charge is 0.181 e. The third-order valence-corrected chi connectivity index (χ3v) is 1.75. The molecule has 84 valence electrons. The van der Waals surface area contributed by atoms with Gasteiger partial charge >= 0.3 is 0 Å². The van der Waals surface area contributed by atoms with Gasteiger partial charge in [0.05, 0.1) is 7.18 Å². The van der Waals surface area contributed by atoms with Gasteiger partial charge in [0, 0.05) is 16.8 Å². The Labute approximate surface area is 89.7 Å². The van der Waals surface area contributed by atoms with Crippen LogP contribution in [-0.4, -0.2) is 22.4 Å². The number of nitrogens with one attached hydrogen (secondary N) is 1. The van der Waals surface area contributed by atoms with E-state index in [1.54, 1.807) is 0 Å². The van der Waals surface area contributed by atoms with Crippen LogP contribution in [0.1, 0.15) is 25.2 Å². The maximum Gasteiger partial charge on any atom is 0.181 e. The third-order valence-electron chi connectivity index (χ3n) is 1.75. The monoisotopic (exact) mass is 211 g/mol. The molecule has 0 radical (unpaired) electrons. The molecule has 0 unspecified atom stereocenters. The Morgan fingerprint density at radius 2 is 1.73 bits per heavy atom. The van der Waals surface area contributed by atoms with Crippen LogP contribution >= 0.6 is 0 Å². The van der Waals surface area contributed by atoms with Crippen molar-refractivity contribution < 1.29 is 4.39 Å². The van der Waals surface area contributed by atoms with Gasteiger partial charge in [0.1, 0.15) is 0 Å². The molecule has 15 heavy (non-hydrogen) atoms. The van der Waals surface area contributed by atoms with Gasteiger partial charge in [0.25, 0.3) is 0 Å². The molecule has 0 aromatic carbocycles. The molecule has 4 heteroatoms. The first-order valence-corrected chi connectivity index (χ1v) is 4.93. The van der Waals surface area contributed by atoms with E-state index < -0.39 is 0 Å². The molecule has 2 aromatic heterocycles. The number of aromatic amines is 1. The number of rotatable bonds is 0. The summed E-state index contributed by atoms with van der Waals surface area (Å²) in [6.45, 7) is 7.95. The summed E-state index contributed by atoms with van der Waals surface area (Å²) in [6, 6.07) is 4.03. The molecule has 0 aliphatic heterocycles. The van der Waals surface area contributed by atoms with E-state index in [1.165, 1.54) is 0 Å². The zero-order chi connectivity index (χ0) is 11.8. The third kappa shape index (κ3) is 3.31. The van der Waals surface area contributed by atoms with Crippen LogP contribution in [0.3, 0.4) is 0 Å². The van der Waals surface area contributed by atoms with Crippen molar-refractivity contribution in [3.63, 3.8) is 0 Å². The summed E-state index contributed by atoms with van der Waals surface area (Å²) in [7, 11) is 0.500. The summed E-state index contributed by atoms with van der Waals surface area (Å²) in [5.41, 5.74) is 2.89. The van der Waals surface area contributed by atoms with E-state index in [1.807, 2.05) is 39.8 Å². The molecule has 0 atom stereocenters. The molecule has 0 spiro atoms. The van der Waals surface area contributed by atoms with Crippen molar-refractivity contribution in [2.24, 2.45) is 0 Å². The number of aryl methyl sites for hydroxylation is 2. The van der Waals surface area contributed by atoms with Crippen molar-refractivity contribution in [1.29, 1.82) is 0 Å². The highest BCUT2D eigenvalue weighted by Crippen LogP contribution is 2.12. The lowest BCUT2D eigenvalue weighted by Crippen LogP contribution is -1.80. The number of alkyl halides is 1. The first kappa shape index (κ1) is 13.5. The SMILES string of the molecule is CC.CF.Cc1ccc2c(C)[nH]nc2n1. The fourth-order valence-corrected chi connectivity index (χ4v) is 1.12. The van der Waals surface area contributed by atoms with Gasteiger partial charge in [-0.25, -0.2) is 4.98 Å². The quantitative estimate of drug-likeness (QED) is 0.727. The highest BCUT2D eigenvalue weighted by Gasteiger charge is 2.00. The second-order valence-electron chi connectivity index (χ2n) is 2.67. The molecule has 0 aliphatic rings. The van der Waals surface area contributed by atoms with Crippen LogP contribution in [-0.2, 0) is 0 Å². The summed E-state index contributed by atoms with van der Waals surface area (Å²) in [4.78, 5) is 4.25. The Hall–Kier alpha value is -1.45. The topological polar surface area (TPSA) is 41.6 Å². The fourth-order valence-electron chi connectivity index (χ4n) is 1.12. The van der Waals surface area contributed by atoms with E-state index >= 15 is 0 Å². The van der Waals surface area contributed by atoms with Crippen molar-refractivity contribution in [2.45, 2.75) is 27.7 Å². The first-order valence-electron chi connectivity index (χ1n) is 4.93. The Kier molecular flexibility index (Phi) is 6.25. The number of hydrogen-bond donors (Lipinski definition) is 1. The fraction of sp³-hybridized carbons (Fsp3) is 0.455. The normalized spacial score (nSPS) is 8.67. The van der Waals surface area contributed by atoms with Crippen LogP contribution in [0.15, 0.2) is 12.1 Å². The zero-order valence-corrected chi connectivity index (χ0v) is 9.93. The minimum absolute atomic E-state index is 0.500. The van der Waals surface area contributed by atoms with Crippen molar-refractivity contribution in [3.8, 4) is 0 Å². The maximum absolute atomic E-state index is 9.50. The highest BCUT2D eigenvalue weighted by atomic mass is 19.1. The molecule has 3 nitrogen and oxygen atoms in total. The standard InChI is InChI=1S/C8H9N3.C2H6.CH3F/c1-5-3-4-7-6(2)10-11-8(7)9-5;2*1-2/h3-4H,1-2H3,(H,9,10,11);1-2H3;1H3. The lowest BCUT2D eigenvalue weighted by molar-refractivity contribution is 0.636. The van der Waals surface area contributed by atoms with Crippen molar-refractivity contribution in [1.82, 2.24) is 15.2 Å². The molecular weight excluding hydrogens is 193 g/mol. The average molecular weight is 211 g/mol. The minimum atomic E-state index is 0.500. The number of H-pyrrole nitrogens is 1. The highest BCUT2D eigenvalue weighted by molar-refractivity contribution is 5.77. The van der Waals surface area contributed by atoms with Gasteiger partial charge in [-0.05, 0) is 26.0 Å². The summed E-state index contributed by atoms with van der Waals surface area (Å²) in [6.07, 6.45) is 0. The van der Waals surface area contributed by atoms with Gasteiger partial charge in [0.15, 0.2) is 5.65 Å². The minimum Gasteiger partial charge on any atom is -0.280 e. The zero-order valence-electron chi connectivity index (χ0n) is 9.93. The van der Waals surface area contributed by atoms with E-state index in [0.717, 1.165) is 22.4 Å². The van der Waals surface area contributed by atoms with Crippen LogP contribution in [0.4, 0.5) is 4.39 Å². The molecule has 2 rings (SSSR count). The average Bonchev–Trinajstić information content (AvgIpc) is 2.65. The molecule has 0 aliphatic carbocycles. The van der Waals surface area contributed by atoms with Gasteiger partial charge in [-0.15, -0.1) is 0 Å². The molecule has 0 bridgehead atoms. The van der Waals surface area contributed by atoms with Crippen molar-refractivity contribution in [2.75, 3.05) is 7.18 Å². The van der Waals surface area contributed by atoms with E-state index in [2.05, 4.69) is 15.2 Å². The largest absolute Gasteiger partial charge is 0.280 e. The van der Waals surface area contributed by atoms with E-state index in [0.29, 0.717) is 7.18 Å². The molecule has 2 aromatic rings. The van der Waals surface area contributed by atoms with Crippen LogP contribution in [0, 0.1) is 13.8 Å². The van der Waals surface area contributed by atoms with Gasteiger partial charge in [0.2, 0.25) is 0 Å². The van der Waals surface area contributed by atoms with Crippen molar-refractivity contribution >= 4 is 11.0 Å². The summed E-state index contributed by atoms with van der Waals surface area (Å²) in [5.74, 6) is 0. The van der Waals surface area contributed by atoms with Crippen LogP contribution in [0.5, 0.6) is 0 Å². The molecule has 0 saturated heterocycles. The van der Waals surface area contributed by atoms with Gasteiger partial charge in [-0.1, -0.05) is 13.8 Å². The Bertz CT molecular complexity index is 396. The second-order valence-corrected chi connectivity index (χ2v) is 2.67. The Balaban J connectivity index is 0.000000442. The molecule has 1 N–H and O–H groups in total. The lowest BCUT2D eigenvalue weighted by atomic mass is 10.2. The molecule has 2 heterocycles. The molecule has 0 saturated carbocycles. The number of aromatic nitrogens is 3. The first-order chi connectivity index (χ1) is 7.27. The van der Waals surface area contributed by atoms with Gasteiger partial charge in [-0.2, -0.15) is 5.10 Å². The van der Waals surface area contributed by atoms with E-state index in [4.69, 9.17) is 0 Å². The molecule has 0 amide bonds. The van der Waals surface area contributed by atoms with Crippen LogP contribution in [0.25, 0.3) is 11.0 Å². The summed E-state index contributed by atoms with van der Waals surface area (Å²) < 4.78 is 9.50. The number of hydrogen-bond acceptors (Lipinski definition) is 2. The predicted octanol–water partition coefficient (Wildman–Crippen LogP) is 3.19.